The number of ether oxygens (including phenoxy) is 4. The lowest BCUT2D eigenvalue weighted by Crippen LogP contribution is -2.10. The first-order chi connectivity index (χ1) is 19.9. The van der Waals surface area contributed by atoms with Crippen LogP contribution in [0.5, 0.6) is 17.2 Å². The number of unbranched alkanes of at least 4 members (excludes halogenated alkanes) is 1. The molecule has 1 N–H and O–H groups in total. The first kappa shape index (κ1) is 32.0. The van der Waals surface area contributed by atoms with E-state index < -0.39 is 17.9 Å². The number of hydrogen-bond donors (Lipinski definition) is 1. The molecule has 0 atom stereocenters. The average molecular weight is 560 g/mol. The molecule has 0 saturated heterocycles. The molecule has 0 spiro atoms. The van der Waals surface area contributed by atoms with Gasteiger partial charge in [-0.25, -0.2) is 14.4 Å². The fourth-order valence-electron chi connectivity index (χ4n) is 3.10. The maximum Gasteiger partial charge on any atom is 0.343 e. The molecule has 3 aromatic rings. The van der Waals surface area contributed by atoms with Crippen LogP contribution < -0.4 is 19.5 Å². The monoisotopic (exact) mass is 559 g/mol. The van der Waals surface area contributed by atoms with Gasteiger partial charge in [-0.1, -0.05) is 27.0 Å². The predicted octanol–water partition coefficient (Wildman–Crippen LogP) is 6.16. The zero-order valence-electron chi connectivity index (χ0n) is 23.1. The summed E-state index contributed by atoms with van der Waals surface area (Å²) in [7, 11) is 0. The highest BCUT2D eigenvalue weighted by atomic mass is 16.5. The number of benzene rings is 3. The number of esters is 3. The van der Waals surface area contributed by atoms with E-state index in [4.69, 9.17) is 18.9 Å². The summed E-state index contributed by atoms with van der Waals surface area (Å²) in [6, 6.07) is 18.8. The summed E-state index contributed by atoms with van der Waals surface area (Å²) in [5.41, 5.74) is 1.15. The first-order valence-corrected chi connectivity index (χ1v) is 13.0. The van der Waals surface area contributed by atoms with Crippen LogP contribution in [0, 0.1) is 0 Å². The molecule has 0 bridgehead atoms. The van der Waals surface area contributed by atoms with Gasteiger partial charge in [0.25, 0.3) is 0 Å². The Labute approximate surface area is 239 Å². The van der Waals surface area contributed by atoms with Crippen LogP contribution in [0.25, 0.3) is 0 Å². The Morgan fingerprint density at radius 1 is 0.659 bits per heavy atom. The first-order valence-electron chi connectivity index (χ1n) is 13.0. The number of amides is 1. The third-order valence-corrected chi connectivity index (χ3v) is 5.13. The summed E-state index contributed by atoms with van der Waals surface area (Å²) in [6.45, 7) is 11.4. The van der Waals surface area contributed by atoms with Gasteiger partial charge in [-0.2, -0.15) is 0 Å². The van der Waals surface area contributed by atoms with Crippen molar-refractivity contribution in [2.24, 2.45) is 0 Å². The third-order valence-electron chi connectivity index (χ3n) is 5.13. The predicted molar refractivity (Wildman–Crippen MR) is 155 cm³/mol. The number of nitrogens with one attached hydrogen (secondary N) is 1. The van der Waals surface area contributed by atoms with E-state index in [9.17, 15) is 19.2 Å². The van der Waals surface area contributed by atoms with E-state index in [0.29, 0.717) is 48.6 Å². The number of hydrogen-bond acceptors (Lipinski definition) is 8. The van der Waals surface area contributed by atoms with Gasteiger partial charge in [0.2, 0.25) is 5.91 Å². The average Bonchev–Trinajstić information content (AvgIpc) is 3.01. The molecule has 0 saturated carbocycles. The van der Waals surface area contributed by atoms with Crippen LogP contribution in [0.2, 0.25) is 0 Å². The summed E-state index contributed by atoms with van der Waals surface area (Å²) in [5, 5.41) is 2.59. The molecule has 0 fully saturated rings. The lowest BCUT2D eigenvalue weighted by Gasteiger charge is -2.09. The minimum Gasteiger partial charge on any atom is -0.494 e. The van der Waals surface area contributed by atoms with Gasteiger partial charge >= 0.3 is 17.9 Å². The van der Waals surface area contributed by atoms with Crippen LogP contribution in [0.4, 0.5) is 5.69 Å². The maximum atomic E-state index is 12.5. The molecular formula is C32H33NO8. The van der Waals surface area contributed by atoms with Gasteiger partial charge < -0.3 is 24.3 Å². The summed E-state index contributed by atoms with van der Waals surface area (Å²) in [6.07, 6.45) is 3.62. The van der Waals surface area contributed by atoms with Gasteiger partial charge in [0.15, 0.2) is 0 Å². The maximum absolute atomic E-state index is 12.5. The van der Waals surface area contributed by atoms with E-state index in [1.54, 1.807) is 36.4 Å². The van der Waals surface area contributed by atoms with E-state index >= 15 is 0 Å². The van der Waals surface area contributed by atoms with Gasteiger partial charge in [0.1, 0.15) is 17.2 Å². The second-order valence-corrected chi connectivity index (χ2v) is 7.97. The smallest absolute Gasteiger partial charge is 0.343 e. The summed E-state index contributed by atoms with van der Waals surface area (Å²) < 4.78 is 21.2. The Balaban J connectivity index is 0.00000287. The zero-order valence-corrected chi connectivity index (χ0v) is 23.1. The number of carbonyl (C=O) groups is 4. The second-order valence-electron chi connectivity index (χ2n) is 7.97. The molecule has 3 rings (SSSR count). The quantitative estimate of drug-likeness (QED) is 0.114. The minimum atomic E-state index is -0.584. The molecule has 3 aromatic carbocycles. The molecule has 9 nitrogen and oxygen atoms in total. The van der Waals surface area contributed by atoms with Gasteiger partial charge in [-0.15, -0.1) is 0 Å². The molecule has 0 heterocycles. The molecule has 214 valence electrons. The Bertz CT molecular complexity index is 1310. The lowest BCUT2D eigenvalue weighted by molar-refractivity contribution is -0.137. The molecule has 9 heteroatoms. The second kappa shape index (κ2) is 17.4. The Morgan fingerprint density at radius 3 is 1.61 bits per heavy atom. The van der Waals surface area contributed by atoms with E-state index in [1.165, 1.54) is 36.4 Å². The molecule has 1 amide bonds. The molecule has 0 aliphatic carbocycles. The van der Waals surface area contributed by atoms with E-state index in [1.807, 2.05) is 13.8 Å². The van der Waals surface area contributed by atoms with E-state index in [0.717, 1.165) is 12.2 Å². The van der Waals surface area contributed by atoms with Crippen LogP contribution in [-0.2, 0) is 14.3 Å². The number of anilines is 1. The van der Waals surface area contributed by atoms with Crippen molar-refractivity contribution in [3.05, 3.63) is 109 Å². The highest BCUT2D eigenvalue weighted by molar-refractivity contribution is 5.99. The number of carbonyl (C=O) groups excluding carboxylic acids is 4. The number of rotatable bonds is 13. The van der Waals surface area contributed by atoms with Crippen molar-refractivity contribution in [3.8, 4) is 17.2 Å². The van der Waals surface area contributed by atoms with Crippen molar-refractivity contribution in [1.82, 2.24) is 0 Å². The standard InChI is InChI=1S/C30H27NO8.C2H6/c1-3-27(32)31-23-11-7-21(8-12-23)29(34)38-25-15-17-26(18-16-25)39-30(35)22-9-13-24(14-10-22)36-19-5-6-20-37-28(33)4-2;1-2/h3-4,7-18H,1-2,5-6,19-20H2,(H,31,32);1-2H3. The molecule has 0 aromatic heterocycles. The van der Waals surface area contributed by atoms with Crippen LogP contribution in [-0.4, -0.2) is 37.0 Å². The zero-order chi connectivity index (χ0) is 30.0. The topological polar surface area (TPSA) is 117 Å². The third kappa shape index (κ3) is 11.2. The summed E-state index contributed by atoms with van der Waals surface area (Å²) in [5.74, 6) is -0.806. The molecular weight excluding hydrogens is 526 g/mol. The van der Waals surface area contributed by atoms with Crippen LogP contribution in [0.15, 0.2) is 98.1 Å². The van der Waals surface area contributed by atoms with Gasteiger partial charge in [0.05, 0.1) is 24.3 Å². The van der Waals surface area contributed by atoms with Gasteiger partial charge in [-0.05, 0) is 91.7 Å². The largest absolute Gasteiger partial charge is 0.494 e. The van der Waals surface area contributed by atoms with Gasteiger partial charge in [0, 0.05) is 11.8 Å². The summed E-state index contributed by atoms with van der Waals surface area (Å²) >= 11 is 0. The Kier molecular flexibility index (Phi) is 13.6. The van der Waals surface area contributed by atoms with Crippen LogP contribution in [0.3, 0.4) is 0 Å². The molecule has 0 aliphatic rings. The van der Waals surface area contributed by atoms with Crippen LogP contribution >= 0.6 is 0 Å². The normalized spacial score (nSPS) is 9.71. The van der Waals surface area contributed by atoms with Gasteiger partial charge in [-0.3, -0.25) is 4.79 Å². The SMILES string of the molecule is C=CC(=O)Nc1ccc(C(=O)Oc2ccc(OC(=O)c3ccc(OCCCCOC(=O)C=C)cc3)cc2)cc1.CC. The van der Waals surface area contributed by atoms with E-state index in [-0.39, 0.29) is 17.4 Å². The molecule has 41 heavy (non-hydrogen) atoms. The van der Waals surface area contributed by atoms with Crippen LogP contribution in [0.1, 0.15) is 47.4 Å². The fraction of sp³-hybridized carbons (Fsp3) is 0.188. The van der Waals surface area contributed by atoms with Crippen molar-refractivity contribution >= 4 is 29.5 Å². The lowest BCUT2D eigenvalue weighted by atomic mass is 10.2. The van der Waals surface area contributed by atoms with Crippen molar-refractivity contribution in [2.45, 2.75) is 26.7 Å². The highest BCUT2D eigenvalue weighted by Gasteiger charge is 2.12. The fourth-order valence-corrected chi connectivity index (χ4v) is 3.10. The Hall–Kier alpha value is -5.18. The summed E-state index contributed by atoms with van der Waals surface area (Å²) in [4.78, 5) is 47.2. The van der Waals surface area contributed by atoms with Crippen molar-refractivity contribution in [1.29, 1.82) is 0 Å². The molecule has 0 aliphatic heterocycles. The van der Waals surface area contributed by atoms with Crippen molar-refractivity contribution in [2.75, 3.05) is 18.5 Å². The minimum absolute atomic E-state index is 0.268. The van der Waals surface area contributed by atoms with E-state index in [2.05, 4.69) is 18.5 Å². The van der Waals surface area contributed by atoms with Crippen molar-refractivity contribution < 1.29 is 38.1 Å². The highest BCUT2D eigenvalue weighted by Crippen LogP contribution is 2.21. The van der Waals surface area contributed by atoms with Crippen molar-refractivity contribution in [3.63, 3.8) is 0 Å². The molecule has 0 unspecified atom stereocenters. The molecule has 0 radical (unpaired) electrons. The Morgan fingerprint density at radius 2 is 1.12 bits per heavy atom.